The highest BCUT2D eigenvalue weighted by Gasteiger charge is 2.47. The minimum absolute atomic E-state index is 0.0404. The van der Waals surface area contributed by atoms with Crippen molar-refractivity contribution in [2.24, 2.45) is 11.8 Å². The average molecular weight is 381 g/mol. The molecular formula is C24H32N2O2. The first kappa shape index (κ1) is 18.2. The van der Waals surface area contributed by atoms with Crippen molar-refractivity contribution in [2.45, 2.75) is 69.9 Å². The molecule has 1 aromatic carbocycles. The maximum Gasteiger partial charge on any atom is 0.226 e. The number of amides is 1. The molecule has 2 heterocycles. The lowest BCUT2D eigenvalue weighted by Crippen LogP contribution is -2.44. The molecule has 4 heteroatoms. The van der Waals surface area contributed by atoms with Gasteiger partial charge in [-0.25, -0.2) is 0 Å². The molecule has 2 fully saturated rings. The van der Waals surface area contributed by atoms with Crippen LogP contribution in [0, 0.1) is 11.8 Å². The van der Waals surface area contributed by atoms with Crippen LogP contribution in [0.2, 0.25) is 0 Å². The summed E-state index contributed by atoms with van der Waals surface area (Å²) in [4.78, 5) is 15.5. The Balaban J connectivity index is 1.52. The highest BCUT2D eigenvalue weighted by Crippen LogP contribution is 2.48. The predicted octanol–water partition coefficient (Wildman–Crippen LogP) is 4.51. The van der Waals surface area contributed by atoms with E-state index in [0.29, 0.717) is 11.8 Å². The molecule has 0 bridgehead atoms. The second kappa shape index (κ2) is 7.55. The lowest BCUT2D eigenvalue weighted by atomic mass is 9.81. The third-order valence-corrected chi connectivity index (χ3v) is 7.52. The summed E-state index contributed by atoms with van der Waals surface area (Å²) in [5.74, 6) is 0.879. The summed E-state index contributed by atoms with van der Waals surface area (Å²) in [5, 5.41) is 13.6. The zero-order valence-electron chi connectivity index (χ0n) is 16.7. The van der Waals surface area contributed by atoms with E-state index in [-0.39, 0.29) is 24.6 Å². The van der Waals surface area contributed by atoms with Gasteiger partial charge in [0.2, 0.25) is 5.91 Å². The van der Waals surface area contributed by atoms with Crippen LogP contribution in [0.25, 0.3) is 5.57 Å². The molecule has 2 N–H and O–H groups in total. The van der Waals surface area contributed by atoms with Crippen LogP contribution in [0.5, 0.6) is 0 Å². The summed E-state index contributed by atoms with van der Waals surface area (Å²) in [6, 6.07) is 6.89. The number of aliphatic hydroxyl groups excluding tert-OH is 1. The number of hydrogen-bond acceptors (Lipinski definition) is 3. The monoisotopic (exact) mass is 380 g/mol. The number of benzene rings is 1. The summed E-state index contributed by atoms with van der Waals surface area (Å²) >= 11 is 0. The molecule has 0 radical (unpaired) electrons. The normalized spacial score (nSPS) is 29.8. The largest absolute Gasteiger partial charge is 0.394 e. The van der Waals surface area contributed by atoms with Crippen molar-refractivity contribution in [1.82, 2.24) is 4.90 Å². The standard InChI is InChI=1S/C24H32N2O2/c27-15-22-19-12-13-26(24(28)17-8-4-5-9-17)23(19)20-14-18(10-11-21(20)25-22)16-6-2-1-3-7-16/h6,10-11,14,17,19,22-23,25,27H,1-5,7-9,12-13,15H2/t19-,22+,23-/m0/s1. The maximum atomic E-state index is 13.3. The van der Waals surface area contributed by atoms with Gasteiger partial charge in [-0.05, 0) is 73.8 Å². The van der Waals surface area contributed by atoms with Gasteiger partial charge in [-0.3, -0.25) is 4.79 Å². The molecular weight excluding hydrogens is 348 g/mol. The Hall–Kier alpha value is -1.81. The Labute approximate surface area is 168 Å². The van der Waals surface area contributed by atoms with Gasteiger partial charge in [0.15, 0.2) is 0 Å². The van der Waals surface area contributed by atoms with Crippen molar-refractivity contribution in [1.29, 1.82) is 0 Å². The van der Waals surface area contributed by atoms with Crippen LogP contribution in [0.4, 0.5) is 5.69 Å². The van der Waals surface area contributed by atoms with Crippen molar-refractivity contribution >= 4 is 17.2 Å². The molecule has 4 aliphatic rings. The topological polar surface area (TPSA) is 52.6 Å². The number of rotatable bonds is 3. The van der Waals surface area contributed by atoms with E-state index < -0.39 is 0 Å². The molecule has 3 atom stereocenters. The third kappa shape index (κ3) is 3.06. The Kier molecular flexibility index (Phi) is 4.92. The number of likely N-dealkylation sites (tertiary alicyclic amines) is 1. The lowest BCUT2D eigenvalue weighted by Gasteiger charge is -2.40. The zero-order valence-corrected chi connectivity index (χ0v) is 16.7. The fourth-order valence-electron chi connectivity index (χ4n) is 6.02. The Morgan fingerprint density at radius 1 is 1.14 bits per heavy atom. The summed E-state index contributed by atoms with van der Waals surface area (Å²) < 4.78 is 0. The van der Waals surface area contributed by atoms with Gasteiger partial charge in [-0.1, -0.05) is 25.0 Å². The van der Waals surface area contributed by atoms with Crippen LogP contribution in [-0.4, -0.2) is 35.1 Å². The van der Waals surface area contributed by atoms with Gasteiger partial charge in [0.1, 0.15) is 0 Å². The number of aliphatic hydroxyl groups is 1. The molecule has 0 aromatic heterocycles. The maximum absolute atomic E-state index is 13.3. The van der Waals surface area contributed by atoms with Gasteiger partial charge < -0.3 is 15.3 Å². The first-order chi connectivity index (χ1) is 13.8. The molecule has 150 valence electrons. The first-order valence-electron chi connectivity index (χ1n) is 11.3. The molecule has 1 saturated heterocycles. The number of hydrogen-bond donors (Lipinski definition) is 2. The van der Waals surface area contributed by atoms with E-state index in [1.807, 2.05) is 0 Å². The van der Waals surface area contributed by atoms with Crippen molar-refractivity contribution in [3.8, 4) is 0 Å². The molecule has 2 aliphatic carbocycles. The van der Waals surface area contributed by atoms with E-state index in [0.717, 1.165) is 37.9 Å². The van der Waals surface area contributed by atoms with Gasteiger partial charge in [-0.2, -0.15) is 0 Å². The molecule has 1 aromatic rings. The SMILES string of the molecule is O=C(C1CCCC1)N1CC[C@@H]2[C@H]1c1cc(C3=CCCCC3)ccc1N[C@@H]2CO. The van der Waals surface area contributed by atoms with Crippen molar-refractivity contribution in [3.05, 3.63) is 35.4 Å². The molecule has 5 rings (SSSR count). The number of carbonyl (C=O) groups is 1. The van der Waals surface area contributed by atoms with E-state index in [4.69, 9.17) is 0 Å². The third-order valence-electron chi connectivity index (χ3n) is 7.52. The van der Waals surface area contributed by atoms with Crippen LogP contribution >= 0.6 is 0 Å². The van der Waals surface area contributed by atoms with Crippen molar-refractivity contribution < 1.29 is 9.90 Å². The van der Waals surface area contributed by atoms with Crippen LogP contribution in [-0.2, 0) is 4.79 Å². The minimum Gasteiger partial charge on any atom is -0.394 e. The van der Waals surface area contributed by atoms with Crippen LogP contribution in [0.15, 0.2) is 24.3 Å². The molecule has 1 amide bonds. The highest BCUT2D eigenvalue weighted by atomic mass is 16.3. The average Bonchev–Trinajstić information content (AvgIpc) is 3.43. The lowest BCUT2D eigenvalue weighted by molar-refractivity contribution is -0.136. The van der Waals surface area contributed by atoms with Gasteiger partial charge >= 0.3 is 0 Å². The zero-order chi connectivity index (χ0) is 19.1. The number of allylic oxidation sites excluding steroid dienone is 2. The Morgan fingerprint density at radius 3 is 2.75 bits per heavy atom. The Bertz CT molecular complexity index is 781. The quantitative estimate of drug-likeness (QED) is 0.811. The molecule has 0 spiro atoms. The highest BCUT2D eigenvalue weighted by molar-refractivity contribution is 5.81. The van der Waals surface area contributed by atoms with Crippen LogP contribution in [0.3, 0.4) is 0 Å². The molecule has 0 unspecified atom stereocenters. The van der Waals surface area contributed by atoms with E-state index in [2.05, 4.69) is 34.5 Å². The van der Waals surface area contributed by atoms with Crippen molar-refractivity contribution in [2.75, 3.05) is 18.5 Å². The number of nitrogens with one attached hydrogen (secondary N) is 1. The summed E-state index contributed by atoms with van der Waals surface area (Å²) in [7, 11) is 0. The second-order valence-electron chi connectivity index (χ2n) is 9.12. The molecule has 2 aliphatic heterocycles. The smallest absolute Gasteiger partial charge is 0.226 e. The summed E-state index contributed by atoms with van der Waals surface area (Å²) in [5.41, 5.74) is 5.15. The number of carbonyl (C=O) groups excluding carboxylic acids is 1. The predicted molar refractivity (Wildman–Crippen MR) is 112 cm³/mol. The number of fused-ring (bicyclic) bond motifs is 3. The molecule has 28 heavy (non-hydrogen) atoms. The fourth-order valence-corrected chi connectivity index (χ4v) is 6.02. The summed E-state index contributed by atoms with van der Waals surface area (Å²) in [6.07, 6.45) is 12.7. The van der Waals surface area contributed by atoms with Crippen LogP contribution in [0.1, 0.15) is 75.0 Å². The molecule has 4 nitrogen and oxygen atoms in total. The van der Waals surface area contributed by atoms with Gasteiger partial charge in [0.25, 0.3) is 0 Å². The number of nitrogens with zero attached hydrogens (tertiary/aromatic N) is 1. The first-order valence-corrected chi connectivity index (χ1v) is 11.3. The second-order valence-corrected chi connectivity index (χ2v) is 9.12. The fraction of sp³-hybridized carbons (Fsp3) is 0.625. The van der Waals surface area contributed by atoms with Gasteiger partial charge in [0, 0.05) is 24.1 Å². The van der Waals surface area contributed by atoms with Crippen LogP contribution < -0.4 is 5.32 Å². The van der Waals surface area contributed by atoms with E-state index in [9.17, 15) is 9.90 Å². The van der Waals surface area contributed by atoms with Gasteiger partial charge in [0.05, 0.1) is 18.7 Å². The van der Waals surface area contributed by atoms with Crippen molar-refractivity contribution in [3.63, 3.8) is 0 Å². The molecule has 1 saturated carbocycles. The Morgan fingerprint density at radius 2 is 2.00 bits per heavy atom. The summed E-state index contributed by atoms with van der Waals surface area (Å²) in [6.45, 7) is 0.953. The van der Waals surface area contributed by atoms with E-state index in [1.54, 1.807) is 0 Å². The van der Waals surface area contributed by atoms with E-state index in [1.165, 1.54) is 48.8 Å². The van der Waals surface area contributed by atoms with E-state index >= 15 is 0 Å². The van der Waals surface area contributed by atoms with Gasteiger partial charge in [-0.15, -0.1) is 0 Å². The minimum atomic E-state index is 0.0404. The number of anilines is 1.